The number of nitrogens with one attached hydrogen (secondary N) is 1. The Labute approximate surface area is 188 Å². The molecule has 0 spiro atoms. The lowest BCUT2D eigenvalue weighted by Gasteiger charge is -2.19. The molecule has 2 amide bonds. The molecule has 7 nitrogen and oxygen atoms in total. The number of carbonyl (C=O) groups excluding carboxylic acids is 2. The highest BCUT2D eigenvalue weighted by Gasteiger charge is 2.28. The molecular formula is C24H27N3O4S. The van der Waals surface area contributed by atoms with Crippen LogP contribution in [0, 0.1) is 6.92 Å². The van der Waals surface area contributed by atoms with Crippen molar-refractivity contribution in [2.75, 3.05) is 35.0 Å². The predicted molar refractivity (Wildman–Crippen MR) is 126 cm³/mol. The van der Waals surface area contributed by atoms with Crippen molar-refractivity contribution in [3.63, 3.8) is 0 Å². The van der Waals surface area contributed by atoms with Crippen molar-refractivity contribution in [1.82, 2.24) is 4.90 Å². The summed E-state index contributed by atoms with van der Waals surface area (Å²) in [6.45, 7) is 3.85. The topological polar surface area (TPSA) is 86.8 Å². The third-order valence-electron chi connectivity index (χ3n) is 5.85. The van der Waals surface area contributed by atoms with Gasteiger partial charge in [-0.15, -0.1) is 0 Å². The predicted octanol–water partition coefficient (Wildman–Crippen LogP) is 3.42. The summed E-state index contributed by atoms with van der Waals surface area (Å²) in [6, 6.07) is 12.5. The zero-order chi connectivity index (χ0) is 22.7. The van der Waals surface area contributed by atoms with Crippen LogP contribution in [0.25, 0.3) is 6.08 Å². The van der Waals surface area contributed by atoms with E-state index in [1.807, 2.05) is 24.0 Å². The van der Waals surface area contributed by atoms with E-state index in [0.29, 0.717) is 29.9 Å². The lowest BCUT2D eigenvalue weighted by molar-refractivity contribution is -0.111. The Morgan fingerprint density at radius 1 is 0.969 bits per heavy atom. The molecule has 0 unspecified atom stereocenters. The van der Waals surface area contributed by atoms with Crippen molar-refractivity contribution in [2.45, 2.75) is 26.2 Å². The average molecular weight is 454 g/mol. The molecule has 0 atom stereocenters. The molecule has 0 saturated carbocycles. The number of likely N-dealkylation sites (tertiary alicyclic amines) is 1. The van der Waals surface area contributed by atoms with Crippen LogP contribution in [0.2, 0.25) is 0 Å². The van der Waals surface area contributed by atoms with Gasteiger partial charge >= 0.3 is 0 Å². The van der Waals surface area contributed by atoms with E-state index in [1.165, 1.54) is 10.4 Å². The first kappa shape index (κ1) is 22.1. The molecular weight excluding hydrogens is 426 g/mol. The van der Waals surface area contributed by atoms with Crippen LogP contribution in [0.15, 0.2) is 48.5 Å². The number of hydrogen-bond donors (Lipinski definition) is 1. The molecule has 2 heterocycles. The number of carbonyl (C=O) groups is 2. The van der Waals surface area contributed by atoms with Gasteiger partial charge in [0.15, 0.2) is 0 Å². The van der Waals surface area contributed by atoms with Gasteiger partial charge in [-0.05, 0) is 61.6 Å². The second kappa shape index (κ2) is 9.16. The zero-order valence-corrected chi connectivity index (χ0v) is 18.9. The third kappa shape index (κ3) is 4.70. The number of amides is 2. The fourth-order valence-electron chi connectivity index (χ4n) is 4.12. The van der Waals surface area contributed by atoms with Gasteiger partial charge < -0.3 is 10.2 Å². The minimum Gasteiger partial charge on any atom is -0.339 e. The van der Waals surface area contributed by atoms with Gasteiger partial charge in [-0.25, -0.2) is 8.42 Å². The molecule has 8 heteroatoms. The molecule has 0 radical (unpaired) electrons. The van der Waals surface area contributed by atoms with E-state index in [2.05, 4.69) is 5.32 Å². The van der Waals surface area contributed by atoms with Crippen LogP contribution in [0.4, 0.5) is 11.4 Å². The summed E-state index contributed by atoms with van der Waals surface area (Å²) in [6.07, 6.45) is 5.72. The molecule has 2 aliphatic rings. The van der Waals surface area contributed by atoms with E-state index in [0.717, 1.165) is 37.1 Å². The maximum absolute atomic E-state index is 12.9. The summed E-state index contributed by atoms with van der Waals surface area (Å²) >= 11 is 0. The lowest BCUT2D eigenvalue weighted by atomic mass is 10.1. The number of para-hydroxylation sites is 1. The summed E-state index contributed by atoms with van der Waals surface area (Å²) in [5, 5.41) is 2.86. The fraction of sp³-hybridized carbons (Fsp3) is 0.333. The number of rotatable bonds is 5. The third-order valence-corrected chi connectivity index (χ3v) is 7.72. The molecule has 168 valence electrons. The Morgan fingerprint density at radius 2 is 1.69 bits per heavy atom. The number of anilines is 2. The van der Waals surface area contributed by atoms with E-state index >= 15 is 0 Å². The van der Waals surface area contributed by atoms with Gasteiger partial charge in [0.2, 0.25) is 15.9 Å². The molecule has 0 bridgehead atoms. The van der Waals surface area contributed by atoms with Crippen LogP contribution in [0.3, 0.4) is 0 Å². The van der Waals surface area contributed by atoms with Crippen molar-refractivity contribution in [3.8, 4) is 0 Å². The second-order valence-electron chi connectivity index (χ2n) is 8.15. The molecule has 0 aromatic heterocycles. The monoisotopic (exact) mass is 453 g/mol. The molecule has 2 aromatic rings. The molecule has 1 N–H and O–H groups in total. The highest BCUT2D eigenvalue weighted by molar-refractivity contribution is 7.93. The summed E-state index contributed by atoms with van der Waals surface area (Å²) in [4.78, 5) is 27.3. The van der Waals surface area contributed by atoms with Gasteiger partial charge in [0.25, 0.3) is 5.91 Å². The summed E-state index contributed by atoms with van der Waals surface area (Å²) in [5.74, 6) is -0.213. The molecule has 32 heavy (non-hydrogen) atoms. The zero-order valence-electron chi connectivity index (χ0n) is 18.1. The first-order valence-electron chi connectivity index (χ1n) is 10.8. The van der Waals surface area contributed by atoms with Gasteiger partial charge in [0.1, 0.15) is 0 Å². The Morgan fingerprint density at radius 3 is 2.34 bits per heavy atom. The van der Waals surface area contributed by atoms with Crippen LogP contribution in [0.1, 0.15) is 40.7 Å². The molecule has 2 aromatic carbocycles. The summed E-state index contributed by atoms with van der Waals surface area (Å²) in [5.41, 5.74) is 3.28. The Balaban J connectivity index is 1.45. The normalized spacial score (nSPS) is 17.8. The first-order chi connectivity index (χ1) is 15.3. The maximum Gasteiger partial charge on any atom is 0.255 e. The highest BCUT2D eigenvalue weighted by atomic mass is 32.2. The van der Waals surface area contributed by atoms with Gasteiger partial charge in [0.05, 0.1) is 22.7 Å². The van der Waals surface area contributed by atoms with Gasteiger partial charge in [0, 0.05) is 25.7 Å². The number of sulfonamides is 1. The van der Waals surface area contributed by atoms with Gasteiger partial charge in [-0.1, -0.05) is 24.3 Å². The van der Waals surface area contributed by atoms with E-state index in [1.54, 1.807) is 36.4 Å². The van der Waals surface area contributed by atoms with Crippen molar-refractivity contribution >= 4 is 39.3 Å². The van der Waals surface area contributed by atoms with Gasteiger partial charge in [-0.2, -0.15) is 0 Å². The molecule has 2 fully saturated rings. The molecule has 2 saturated heterocycles. The lowest BCUT2D eigenvalue weighted by Crippen LogP contribution is -2.29. The van der Waals surface area contributed by atoms with Crippen LogP contribution < -0.4 is 9.62 Å². The standard InChI is InChI=1S/C24H27N3O4S/c1-18-6-4-7-21(24(29)26-14-2-3-15-26)23(18)25-22(28)13-10-19-8-11-20(12-9-19)27-16-5-17-32(27,30)31/h4,6-13H,2-3,5,14-17H2,1H3,(H,25,28)/b13-10+. The SMILES string of the molecule is Cc1cccc(C(=O)N2CCCC2)c1NC(=O)/C=C/c1ccc(N2CCCS2(=O)=O)cc1. The number of nitrogens with zero attached hydrogens (tertiary/aromatic N) is 2. The van der Waals surface area contributed by atoms with E-state index in [4.69, 9.17) is 0 Å². The largest absolute Gasteiger partial charge is 0.339 e. The van der Waals surface area contributed by atoms with E-state index in [-0.39, 0.29) is 17.6 Å². The van der Waals surface area contributed by atoms with Crippen molar-refractivity contribution in [1.29, 1.82) is 0 Å². The van der Waals surface area contributed by atoms with Crippen LogP contribution in [-0.4, -0.2) is 50.5 Å². The van der Waals surface area contributed by atoms with Crippen LogP contribution in [0.5, 0.6) is 0 Å². The second-order valence-corrected chi connectivity index (χ2v) is 10.2. The molecule has 0 aliphatic carbocycles. The summed E-state index contributed by atoms with van der Waals surface area (Å²) < 4.78 is 25.5. The maximum atomic E-state index is 12.9. The van der Waals surface area contributed by atoms with Crippen molar-refractivity contribution < 1.29 is 18.0 Å². The number of benzene rings is 2. The first-order valence-corrected chi connectivity index (χ1v) is 12.4. The highest BCUT2D eigenvalue weighted by Crippen LogP contribution is 2.25. The van der Waals surface area contributed by atoms with Crippen LogP contribution >= 0.6 is 0 Å². The Hall–Kier alpha value is -3.13. The molecule has 4 rings (SSSR count). The van der Waals surface area contributed by atoms with E-state index in [9.17, 15) is 18.0 Å². The smallest absolute Gasteiger partial charge is 0.255 e. The number of aryl methyl sites for hydroxylation is 1. The van der Waals surface area contributed by atoms with E-state index < -0.39 is 10.0 Å². The average Bonchev–Trinajstić information content (AvgIpc) is 3.43. The minimum absolute atomic E-state index is 0.0575. The molecule has 2 aliphatic heterocycles. The Kier molecular flexibility index (Phi) is 6.32. The quantitative estimate of drug-likeness (QED) is 0.703. The van der Waals surface area contributed by atoms with Gasteiger partial charge in [-0.3, -0.25) is 13.9 Å². The van der Waals surface area contributed by atoms with Crippen molar-refractivity contribution in [3.05, 3.63) is 65.2 Å². The summed E-state index contributed by atoms with van der Waals surface area (Å²) in [7, 11) is -3.21. The minimum atomic E-state index is -3.21. The van der Waals surface area contributed by atoms with Crippen molar-refractivity contribution in [2.24, 2.45) is 0 Å². The van der Waals surface area contributed by atoms with Crippen LogP contribution in [-0.2, 0) is 14.8 Å². The Bertz CT molecular complexity index is 1150. The number of hydrogen-bond acceptors (Lipinski definition) is 4. The fourth-order valence-corrected chi connectivity index (χ4v) is 5.68.